The molecule has 2 heterocycles. The maximum Gasteiger partial charge on any atom is 0.268 e. The number of aryl methyl sites for hydroxylation is 1. The molecule has 2 rings (SSSR count). The molecule has 0 amide bonds. The van der Waals surface area contributed by atoms with Crippen LogP contribution in [0.4, 0.5) is 5.69 Å². The van der Waals surface area contributed by atoms with E-state index < -0.39 is 0 Å². The van der Waals surface area contributed by atoms with Gasteiger partial charge >= 0.3 is 0 Å². The van der Waals surface area contributed by atoms with E-state index in [1.807, 2.05) is 0 Å². The number of morpholine rings is 1. The highest BCUT2D eigenvalue weighted by Gasteiger charge is 2.27. The van der Waals surface area contributed by atoms with Gasteiger partial charge in [-0.25, -0.2) is 4.68 Å². The second kappa shape index (κ2) is 7.40. The Labute approximate surface area is 134 Å². The summed E-state index contributed by atoms with van der Waals surface area (Å²) in [6.45, 7) is 7.10. The zero-order valence-corrected chi connectivity index (χ0v) is 14.4. The second-order valence-corrected chi connectivity index (χ2v) is 6.85. The topological polar surface area (TPSA) is 47.4 Å². The molecule has 0 saturated carbocycles. The summed E-state index contributed by atoms with van der Waals surface area (Å²) in [6.07, 6.45) is 5.03. The van der Waals surface area contributed by atoms with E-state index in [9.17, 15) is 4.79 Å². The summed E-state index contributed by atoms with van der Waals surface area (Å²) in [5.41, 5.74) is 0.701. The van der Waals surface area contributed by atoms with Crippen LogP contribution in [-0.4, -0.2) is 40.4 Å². The number of ether oxygens (including phenoxy) is 1. The molecule has 0 spiro atoms. The number of aromatic nitrogens is 2. The summed E-state index contributed by atoms with van der Waals surface area (Å²) >= 11 is 3.41. The second-order valence-electron chi connectivity index (χ2n) is 6.05. The number of anilines is 1. The molecule has 118 valence electrons. The number of rotatable bonds is 6. The molecule has 0 N–H and O–H groups in total. The Morgan fingerprint density at radius 2 is 2.19 bits per heavy atom. The van der Waals surface area contributed by atoms with Gasteiger partial charge in [0.05, 0.1) is 24.1 Å². The molecule has 5 nitrogen and oxygen atoms in total. The van der Waals surface area contributed by atoms with Crippen molar-refractivity contribution in [3.8, 4) is 0 Å². The number of nitrogens with zero attached hydrogens (tertiary/aromatic N) is 3. The minimum absolute atomic E-state index is 0.0179. The van der Waals surface area contributed by atoms with Crippen molar-refractivity contribution in [1.82, 2.24) is 9.78 Å². The van der Waals surface area contributed by atoms with E-state index in [1.165, 1.54) is 0 Å². The van der Waals surface area contributed by atoms with Gasteiger partial charge in [0.2, 0.25) is 0 Å². The molecule has 0 atom stereocenters. The van der Waals surface area contributed by atoms with Crippen molar-refractivity contribution < 1.29 is 4.74 Å². The SMILES string of the molecule is CC1(C)CN(c2cnn(CCCCCBr)c(=O)c2)CCO1. The van der Waals surface area contributed by atoms with Crippen LogP contribution in [0, 0.1) is 0 Å². The fourth-order valence-corrected chi connectivity index (χ4v) is 2.93. The monoisotopic (exact) mass is 357 g/mol. The van der Waals surface area contributed by atoms with Crippen molar-refractivity contribution in [2.45, 2.75) is 45.3 Å². The third kappa shape index (κ3) is 4.81. The summed E-state index contributed by atoms with van der Waals surface area (Å²) in [5.74, 6) is 0. The average Bonchev–Trinajstić information content (AvgIpc) is 2.44. The lowest BCUT2D eigenvalue weighted by molar-refractivity contribution is -0.0277. The molecule has 6 heteroatoms. The number of hydrogen-bond acceptors (Lipinski definition) is 4. The molecule has 21 heavy (non-hydrogen) atoms. The third-order valence-corrected chi connectivity index (χ3v) is 4.21. The van der Waals surface area contributed by atoms with Crippen LogP contribution in [0.1, 0.15) is 33.1 Å². The first-order valence-electron chi connectivity index (χ1n) is 7.54. The van der Waals surface area contributed by atoms with Gasteiger partial charge in [-0.3, -0.25) is 4.79 Å². The number of hydrogen-bond donors (Lipinski definition) is 0. The van der Waals surface area contributed by atoms with Crippen LogP contribution in [0.2, 0.25) is 0 Å². The zero-order chi connectivity index (χ0) is 15.3. The highest BCUT2D eigenvalue weighted by Crippen LogP contribution is 2.21. The smallest absolute Gasteiger partial charge is 0.268 e. The number of unbranched alkanes of at least 4 members (excludes halogenated alkanes) is 2. The fraction of sp³-hybridized carbons (Fsp3) is 0.733. The Bertz CT molecular complexity index is 516. The summed E-state index contributed by atoms with van der Waals surface area (Å²) in [6, 6.07) is 1.69. The summed E-state index contributed by atoms with van der Waals surface area (Å²) < 4.78 is 7.26. The van der Waals surface area contributed by atoms with Gasteiger partial charge in [-0.15, -0.1) is 0 Å². The highest BCUT2D eigenvalue weighted by molar-refractivity contribution is 9.09. The van der Waals surface area contributed by atoms with Crippen LogP contribution < -0.4 is 10.5 Å². The van der Waals surface area contributed by atoms with Crippen molar-refractivity contribution >= 4 is 21.6 Å². The molecule has 1 aliphatic rings. The van der Waals surface area contributed by atoms with Crippen molar-refractivity contribution in [3.63, 3.8) is 0 Å². The van der Waals surface area contributed by atoms with Crippen molar-refractivity contribution in [3.05, 3.63) is 22.6 Å². The van der Waals surface area contributed by atoms with Crippen molar-refractivity contribution in [2.24, 2.45) is 0 Å². The molecule has 0 unspecified atom stereocenters. The van der Waals surface area contributed by atoms with Gasteiger partial charge in [0.1, 0.15) is 0 Å². The van der Waals surface area contributed by atoms with E-state index in [1.54, 1.807) is 16.9 Å². The lowest BCUT2D eigenvalue weighted by Gasteiger charge is -2.39. The molecule has 0 bridgehead atoms. The van der Waals surface area contributed by atoms with E-state index >= 15 is 0 Å². The van der Waals surface area contributed by atoms with Crippen LogP contribution in [-0.2, 0) is 11.3 Å². The Morgan fingerprint density at radius 3 is 2.86 bits per heavy atom. The van der Waals surface area contributed by atoms with Gasteiger partial charge in [-0.2, -0.15) is 5.10 Å². The van der Waals surface area contributed by atoms with E-state index in [2.05, 4.69) is 39.8 Å². The minimum atomic E-state index is -0.178. The molecular formula is C15H24BrN3O2. The van der Waals surface area contributed by atoms with Gasteiger partial charge < -0.3 is 9.64 Å². The van der Waals surface area contributed by atoms with Gasteiger partial charge in [0.25, 0.3) is 5.56 Å². The lowest BCUT2D eigenvalue weighted by atomic mass is 10.1. The quantitative estimate of drug-likeness (QED) is 0.579. The average molecular weight is 358 g/mol. The predicted molar refractivity (Wildman–Crippen MR) is 88.4 cm³/mol. The van der Waals surface area contributed by atoms with Crippen LogP contribution in [0.15, 0.2) is 17.1 Å². The molecule has 0 aliphatic carbocycles. The Kier molecular flexibility index (Phi) is 5.81. The van der Waals surface area contributed by atoms with Gasteiger partial charge in [-0.1, -0.05) is 22.4 Å². The molecule has 1 aromatic rings. The van der Waals surface area contributed by atoms with Gasteiger partial charge in [-0.05, 0) is 26.7 Å². The van der Waals surface area contributed by atoms with E-state index in [0.29, 0.717) is 13.2 Å². The van der Waals surface area contributed by atoms with E-state index in [-0.39, 0.29) is 11.2 Å². The summed E-state index contributed by atoms with van der Waals surface area (Å²) in [4.78, 5) is 14.3. The first-order chi connectivity index (χ1) is 10.0. The van der Waals surface area contributed by atoms with Crippen LogP contribution in [0.5, 0.6) is 0 Å². The van der Waals surface area contributed by atoms with Gasteiger partial charge in [0, 0.05) is 31.0 Å². The largest absolute Gasteiger partial charge is 0.372 e. The first-order valence-corrected chi connectivity index (χ1v) is 8.66. The third-order valence-electron chi connectivity index (χ3n) is 3.65. The van der Waals surface area contributed by atoms with Crippen molar-refractivity contribution in [2.75, 3.05) is 29.9 Å². The molecule has 1 saturated heterocycles. The Balaban J connectivity index is 2.00. The van der Waals surface area contributed by atoms with Crippen molar-refractivity contribution in [1.29, 1.82) is 0 Å². The standard InChI is InChI=1S/C15H24BrN3O2/c1-15(2)12-18(8-9-21-15)13-10-14(20)19(17-11-13)7-5-3-4-6-16/h10-11H,3-9,12H2,1-2H3. The molecule has 0 aromatic carbocycles. The molecule has 1 fully saturated rings. The summed E-state index contributed by atoms with van der Waals surface area (Å²) in [7, 11) is 0. The van der Waals surface area contributed by atoms with E-state index in [0.717, 1.165) is 43.4 Å². The van der Waals surface area contributed by atoms with E-state index in [4.69, 9.17) is 4.74 Å². The van der Waals surface area contributed by atoms with Gasteiger partial charge in [0.15, 0.2) is 0 Å². The normalized spacial score (nSPS) is 18.0. The van der Waals surface area contributed by atoms with Crippen LogP contribution in [0.3, 0.4) is 0 Å². The van der Waals surface area contributed by atoms with Crippen LogP contribution in [0.25, 0.3) is 0 Å². The lowest BCUT2D eigenvalue weighted by Crippen LogP contribution is -2.48. The number of alkyl halides is 1. The first kappa shape index (κ1) is 16.5. The molecule has 0 radical (unpaired) electrons. The maximum atomic E-state index is 12.1. The fourth-order valence-electron chi connectivity index (χ4n) is 2.53. The molecule has 1 aromatic heterocycles. The predicted octanol–water partition coefficient (Wildman–Crippen LogP) is 2.42. The van der Waals surface area contributed by atoms with Crippen LogP contribution >= 0.6 is 15.9 Å². The molecule has 1 aliphatic heterocycles. The number of halogens is 1. The Morgan fingerprint density at radius 1 is 1.38 bits per heavy atom. The molecular weight excluding hydrogens is 334 g/mol. The zero-order valence-electron chi connectivity index (χ0n) is 12.8. The highest BCUT2D eigenvalue weighted by atomic mass is 79.9. The Hall–Kier alpha value is -0.880. The summed E-state index contributed by atoms with van der Waals surface area (Å²) in [5, 5.41) is 5.32. The minimum Gasteiger partial charge on any atom is -0.372 e. The maximum absolute atomic E-state index is 12.1.